The first-order chi connectivity index (χ1) is 9.24. The Kier molecular flexibility index (Phi) is 3.98. The number of likely N-dealkylation sites (tertiary alicyclic amines) is 1. The third kappa shape index (κ3) is 2.91. The third-order valence-corrected chi connectivity index (χ3v) is 5.18. The maximum Gasteiger partial charge on any atom is 0.317 e. The summed E-state index contributed by atoms with van der Waals surface area (Å²) in [5.74, 6) is -0.117. The SMILES string of the molecule is CC1(C(=O)O)CCN(C(=O)NCC(C)(C)C2CCC2)C1. The van der Waals surface area contributed by atoms with E-state index in [2.05, 4.69) is 19.2 Å². The van der Waals surface area contributed by atoms with Crippen molar-refractivity contribution in [1.82, 2.24) is 10.2 Å². The van der Waals surface area contributed by atoms with Gasteiger partial charge in [0.2, 0.25) is 0 Å². The van der Waals surface area contributed by atoms with E-state index in [1.165, 1.54) is 19.3 Å². The largest absolute Gasteiger partial charge is 0.481 e. The van der Waals surface area contributed by atoms with Crippen LogP contribution in [0.1, 0.15) is 46.5 Å². The maximum absolute atomic E-state index is 12.2. The molecule has 1 saturated carbocycles. The van der Waals surface area contributed by atoms with Gasteiger partial charge in [-0.25, -0.2) is 4.79 Å². The summed E-state index contributed by atoms with van der Waals surface area (Å²) in [4.78, 5) is 25.0. The molecule has 0 aromatic heterocycles. The van der Waals surface area contributed by atoms with E-state index in [0.717, 1.165) is 0 Å². The Bertz CT molecular complexity index is 404. The van der Waals surface area contributed by atoms with Crippen molar-refractivity contribution in [1.29, 1.82) is 0 Å². The average Bonchev–Trinajstić information content (AvgIpc) is 2.67. The molecule has 1 atom stereocenters. The fourth-order valence-corrected chi connectivity index (χ4v) is 3.06. The molecule has 1 heterocycles. The molecule has 0 bridgehead atoms. The second kappa shape index (κ2) is 5.26. The van der Waals surface area contributed by atoms with Crippen LogP contribution in [-0.4, -0.2) is 41.6 Å². The van der Waals surface area contributed by atoms with Crippen LogP contribution in [0.4, 0.5) is 4.79 Å². The lowest BCUT2D eigenvalue weighted by Crippen LogP contribution is -2.46. The predicted molar refractivity (Wildman–Crippen MR) is 76.5 cm³/mol. The van der Waals surface area contributed by atoms with Crippen LogP contribution >= 0.6 is 0 Å². The highest BCUT2D eigenvalue weighted by Gasteiger charge is 2.42. The molecular formula is C15H26N2O3. The highest BCUT2D eigenvalue weighted by Crippen LogP contribution is 2.41. The van der Waals surface area contributed by atoms with Gasteiger partial charge in [0.1, 0.15) is 0 Å². The van der Waals surface area contributed by atoms with E-state index < -0.39 is 11.4 Å². The van der Waals surface area contributed by atoms with Gasteiger partial charge in [0.25, 0.3) is 0 Å². The highest BCUT2D eigenvalue weighted by molar-refractivity contribution is 5.79. The number of rotatable bonds is 4. The molecule has 114 valence electrons. The molecule has 0 spiro atoms. The Morgan fingerprint density at radius 1 is 1.40 bits per heavy atom. The summed E-state index contributed by atoms with van der Waals surface area (Å²) in [6, 6.07) is -0.123. The number of carbonyl (C=O) groups is 2. The number of carboxylic acid groups (broad SMARTS) is 1. The molecule has 1 aliphatic carbocycles. The van der Waals surface area contributed by atoms with Gasteiger partial charge < -0.3 is 15.3 Å². The third-order valence-electron chi connectivity index (χ3n) is 5.18. The van der Waals surface area contributed by atoms with Crippen molar-refractivity contribution in [3.8, 4) is 0 Å². The van der Waals surface area contributed by atoms with Crippen molar-refractivity contribution in [2.45, 2.75) is 46.5 Å². The standard InChI is InChI=1S/C15H26N2O3/c1-14(2,11-5-4-6-11)9-16-13(20)17-8-7-15(3,10-17)12(18)19/h11H,4-10H2,1-3H3,(H,16,20)(H,18,19). The molecule has 5 heteroatoms. The second-order valence-electron chi connectivity index (χ2n) is 7.31. The Morgan fingerprint density at radius 2 is 2.05 bits per heavy atom. The number of urea groups is 1. The molecule has 0 aromatic rings. The number of hydrogen-bond acceptors (Lipinski definition) is 2. The number of aliphatic carboxylic acids is 1. The number of hydrogen-bond donors (Lipinski definition) is 2. The number of amides is 2. The van der Waals surface area contributed by atoms with Crippen LogP contribution in [0.25, 0.3) is 0 Å². The highest BCUT2D eigenvalue weighted by atomic mass is 16.4. The summed E-state index contributed by atoms with van der Waals surface area (Å²) in [5, 5.41) is 12.2. The lowest BCUT2D eigenvalue weighted by molar-refractivity contribution is -0.147. The van der Waals surface area contributed by atoms with Gasteiger partial charge in [0.05, 0.1) is 5.41 Å². The van der Waals surface area contributed by atoms with Gasteiger partial charge in [-0.1, -0.05) is 20.3 Å². The molecular weight excluding hydrogens is 256 g/mol. The Morgan fingerprint density at radius 3 is 2.50 bits per heavy atom. The maximum atomic E-state index is 12.2. The predicted octanol–water partition coefficient (Wildman–Crippen LogP) is 2.32. The number of nitrogens with zero attached hydrogens (tertiary/aromatic N) is 1. The van der Waals surface area contributed by atoms with E-state index >= 15 is 0 Å². The minimum absolute atomic E-state index is 0.123. The fraction of sp³-hybridized carbons (Fsp3) is 0.867. The van der Waals surface area contributed by atoms with Gasteiger partial charge >= 0.3 is 12.0 Å². The monoisotopic (exact) mass is 282 g/mol. The molecule has 1 aliphatic heterocycles. The van der Waals surface area contributed by atoms with Crippen LogP contribution in [0.15, 0.2) is 0 Å². The molecule has 0 aromatic carbocycles. The van der Waals surface area contributed by atoms with Gasteiger partial charge in [0.15, 0.2) is 0 Å². The minimum Gasteiger partial charge on any atom is -0.481 e. The van der Waals surface area contributed by atoms with Crippen molar-refractivity contribution in [3.63, 3.8) is 0 Å². The molecule has 2 fully saturated rings. The first-order valence-corrected chi connectivity index (χ1v) is 7.51. The zero-order valence-electron chi connectivity index (χ0n) is 12.7. The van der Waals surface area contributed by atoms with Crippen LogP contribution in [-0.2, 0) is 4.79 Å². The summed E-state index contributed by atoms with van der Waals surface area (Å²) in [6.45, 7) is 7.60. The van der Waals surface area contributed by atoms with Crippen molar-refractivity contribution in [3.05, 3.63) is 0 Å². The zero-order valence-corrected chi connectivity index (χ0v) is 12.7. The zero-order chi connectivity index (χ0) is 15.0. The lowest BCUT2D eigenvalue weighted by atomic mass is 9.67. The topological polar surface area (TPSA) is 69.6 Å². The van der Waals surface area contributed by atoms with Crippen molar-refractivity contribution in [2.75, 3.05) is 19.6 Å². The van der Waals surface area contributed by atoms with E-state index in [1.54, 1.807) is 11.8 Å². The van der Waals surface area contributed by atoms with Crippen LogP contribution in [0.2, 0.25) is 0 Å². The Labute approximate surface area is 120 Å². The first kappa shape index (κ1) is 15.1. The molecule has 20 heavy (non-hydrogen) atoms. The molecule has 2 rings (SSSR count). The summed E-state index contributed by atoms with van der Waals surface area (Å²) in [5.41, 5.74) is -0.662. The molecule has 1 saturated heterocycles. The normalized spacial score (nSPS) is 27.2. The van der Waals surface area contributed by atoms with Crippen molar-refractivity contribution in [2.24, 2.45) is 16.7 Å². The Balaban J connectivity index is 1.82. The number of carboxylic acids is 1. The van der Waals surface area contributed by atoms with Gasteiger partial charge in [0, 0.05) is 19.6 Å². The number of carbonyl (C=O) groups excluding carboxylic acids is 1. The fourth-order valence-electron chi connectivity index (χ4n) is 3.06. The van der Waals surface area contributed by atoms with E-state index in [9.17, 15) is 14.7 Å². The van der Waals surface area contributed by atoms with Crippen LogP contribution in [0, 0.1) is 16.7 Å². The molecule has 2 aliphatic rings. The lowest BCUT2D eigenvalue weighted by Gasteiger charge is -2.40. The molecule has 0 radical (unpaired) electrons. The minimum atomic E-state index is -0.817. The smallest absolute Gasteiger partial charge is 0.317 e. The molecule has 5 nitrogen and oxygen atoms in total. The van der Waals surface area contributed by atoms with E-state index in [4.69, 9.17) is 0 Å². The van der Waals surface area contributed by atoms with Gasteiger partial charge in [-0.3, -0.25) is 4.79 Å². The Hall–Kier alpha value is -1.26. The van der Waals surface area contributed by atoms with E-state index in [0.29, 0.717) is 32.0 Å². The van der Waals surface area contributed by atoms with E-state index in [-0.39, 0.29) is 11.4 Å². The number of nitrogens with one attached hydrogen (secondary N) is 1. The summed E-state index contributed by atoms with van der Waals surface area (Å²) < 4.78 is 0. The van der Waals surface area contributed by atoms with Crippen LogP contribution in [0.3, 0.4) is 0 Å². The van der Waals surface area contributed by atoms with Crippen molar-refractivity contribution < 1.29 is 14.7 Å². The van der Waals surface area contributed by atoms with Gasteiger partial charge in [-0.2, -0.15) is 0 Å². The average molecular weight is 282 g/mol. The van der Waals surface area contributed by atoms with Crippen LogP contribution < -0.4 is 5.32 Å². The molecule has 2 amide bonds. The second-order valence-corrected chi connectivity index (χ2v) is 7.31. The van der Waals surface area contributed by atoms with Gasteiger partial charge in [-0.15, -0.1) is 0 Å². The summed E-state index contributed by atoms with van der Waals surface area (Å²) >= 11 is 0. The summed E-state index contributed by atoms with van der Waals surface area (Å²) in [7, 11) is 0. The first-order valence-electron chi connectivity index (χ1n) is 7.51. The van der Waals surface area contributed by atoms with Crippen LogP contribution in [0.5, 0.6) is 0 Å². The molecule has 1 unspecified atom stereocenters. The van der Waals surface area contributed by atoms with Gasteiger partial charge in [-0.05, 0) is 37.5 Å². The quantitative estimate of drug-likeness (QED) is 0.831. The van der Waals surface area contributed by atoms with Crippen molar-refractivity contribution >= 4 is 12.0 Å². The molecule has 2 N–H and O–H groups in total. The van der Waals surface area contributed by atoms with E-state index in [1.807, 2.05) is 0 Å². The summed E-state index contributed by atoms with van der Waals surface area (Å²) in [6.07, 6.45) is 4.33.